The molecule has 1 aromatic rings. The molecular weight excluding hydrogens is 257 g/mol. The van der Waals surface area contributed by atoms with Gasteiger partial charge in [0.1, 0.15) is 0 Å². The summed E-state index contributed by atoms with van der Waals surface area (Å²) in [6.07, 6.45) is 1.13. The molecule has 17 heavy (non-hydrogen) atoms. The summed E-state index contributed by atoms with van der Waals surface area (Å²) >= 11 is 12.0. The maximum absolute atomic E-state index is 6.17. The molecule has 1 aromatic carbocycles. The molecule has 1 aliphatic rings. The minimum absolute atomic E-state index is 0.484. The third-order valence-electron chi connectivity index (χ3n) is 3.07. The first-order valence-electron chi connectivity index (χ1n) is 5.53. The van der Waals surface area contributed by atoms with E-state index in [-0.39, 0.29) is 0 Å². The molecule has 3 nitrogen and oxygen atoms in total. The van der Waals surface area contributed by atoms with Crippen molar-refractivity contribution in [2.45, 2.75) is 12.3 Å². The van der Waals surface area contributed by atoms with Gasteiger partial charge in [-0.15, -0.1) is 0 Å². The number of guanidine groups is 1. The third kappa shape index (κ3) is 3.05. The predicted molar refractivity (Wildman–Crippen MR) is 72.9 cm³/mol. The van der Waals surface area contributed by atoms with Gasteiger partial charge >= 0.3 is 0 Å². The normalized spacial score (nSPS) is 23.6. The number of halogens is 2. The maximum atomic E-state index is 6.17. The SMILES string of the molecule is CN=C(N)NCC1CC1c1ccc(Cl)cc1Cl. The Kier molecular flexibility index (Phi) is 3.79. The Morgan fingerprint density at radius 2 is 2.29 bits per heavy atom. The molecule has 1 saturated carbocycles. The van der Waals surface area contributed by atoms with E-state index < -0.39 is 0 Å². The summed E-state index contributed by atoms with van der Waals surface area (Å²) in [7, 11) is 1.67. The van der Waals surface area contributed by atoms with E-state index in [4.69, 9.17) is 28.9 Å². The van der Waals surface area contributed by atoms with Crippen LogP contribution in [0.3, 0.4) is 0 Å². The summed E-state index contributed by atoms with van der Waals surface area (Å²) in [5, 5.41) is 4.51. The fraction of sp³-hybridized carbons (Fsp3) is 0.417. The van der Waals surface area contributed by atoms with Gasteiger partial charge in [-0.2, -0.15) is 0 Å². The van der Waals surface area contributed by atoms with Crippen molar-refractivity contribution in [3.05, 3.63) is 33.8 Å². The molecule has 5 heteroatoms. The Morgan fingerprint density at radius 1 is 1.53 bits per heavy atom. The van der Waals surface area contributed by atoms with Crippen LogP contribution >= 0.6 is 23.2 Å². The highest BCUT2D eigenvalue weighted by Gasteiger charge is 2.39. The summed E-state index contributed by atoms with van der Waals surface area (Å²) in [5.41, 5.74) is 6.75. The van der Waals surface area contributed by atoms with Gasteiger partial charge in [-0.3, -0.25) is 4.99 Å². The number of nitrogens with two attached hydrogens (primary N) is 1. The van der Waals surface area contributed by atoms with Crippen molar-refractivity contribution in [2.24, 2.45) is 16.6 Å². The quantitative estimate of drug-likeness (QED) is 0.656. The van der Waals surface area contributed by atoms with Gasteiger partial charge in [0, 0.05) is 23.6 Å². The number of benzene rings is 1. The molecule has 2 atom stereocenters. The molecule has 2 unspecified atom stereocenters. The summed E-state index contributed by atoms with van der Waals surface area (Å²) < 4.78 is 0. The fourth-order valence-corrected chi connectivity index (χ4v) is 2.52. The van der Waals surface area contributed by atoms with Gasteiger partial charge in [0.25, 0.3) is 0 Å². The van der Waals surface area contributed by atoms with E-state index in [1.807, 2.05) is 12.1 Å². The van der Waals surface area contributed by atoms with Crippen LogP contribution in [0.5, 0.6) is 0 Å². The smallest absolute Gasteiger partial charge is 0.188 e. The average Bonchev–Trinajstić information content (AvgIpc) is 3.05. The molecule has 0 bridgehead atoms. The molecule has 0 saturated heterocycles. The Bertz CT molecular complexity index is 445. The Hall–Kier alpha value is -0.930. The Morgan fingerprint density at radius 3 is 2.94 bits per heavy atom. The zero-order valence-corrected chi connectivity index (χ0v) is 11.1. The van der Waals surface area contributed by atoms with Gasteiger partial charge in [-0.1, -0.05) is 29.3 Å². The van der Waals surface area contributed by atoms with Crippen molar-refractivity contribution in [1.29, 1.82) is 0 Å². The predicted octanol–water partition coefficient (Wildman–Crippen LogP) is 2.63. The zero-order chi connectivity index (χ0) is 12.4. The van der Waals surface area contributed by atoms with Crippen molar-refractivity contribution in [2.75, 3.05) is 13.6 Å². The van der Waals surface area contributed by atoms with Crippen molar-refractivity contribution in [3.63, 3.8) is 0 Å². The van der Waals surface area contributed by atoms with Crippen molar-refractivity contribution < 1.29 is 0 Å². The molecule has 0 amide bonds. The van der Waals surface area contributed by atoms with Crippen LogP contribution in [0.1, 0.15) is 17.9 Å². The summed E-state index contributed by atoms with van der Waals surface area (Å²) in [5.74, 6) is 1.57. The molecule has 0 radical (unpaired) electrons. The topological polar surface area (TPSA) is 50.4 Å². The largest absolute Gasteiger partial charge is 0.370 e. The lowest BCUT2D eigenvalue weighted by atomic mass is 10.1. The fourth-order valence-electron chi connectivity index (χ4n) is 1.97. The van der Waals surface area contributed by atoms with E-state index in [1.165, 1.54) is 5.56 Å². The van der Waals surface area contributed by atoms with E-state index >= 15 is 0 Å². The molecule has 3 N–H and O–H groups in total. The molecule has 0 spiro atoms. The molecular formula is C12H15Cl2N3. The molecule has 0 aliphatic heterocycles. The molecule has 0 heterocycles. The minimum Gasteiger partial charge on any atom is -0.370 e. The minimum atomic E-state index is 0.484. The average molecular weight is 272 g/mol. The highest BCUT2D eigenvalue weighted by Crippen LogP contribution is 2.49. The van der Waals surface area contributed by atoms with E-state index in [1.54, 1.807) is 13.1 Å². The van der Waals surface area contributed by atoms with Gasteiger partial charge in [-0.25, -0.2) is 0 Å². The van der Waals surface area contributed by atoms with Crippen LogP contribution in [0.25, 0.3) is 0 Å². The number of aliphatic imine (C=N–C) groups is 1. The van der Waals surface area contributed by atoms with Gasteiger partial charge in [0.15, 0.2) is 5.96 Å². The summed E-state index contributed by atoms with van der Waals surface area (Å²) in [4.78, 5) is 3.85. The molecule has 0 aromatic heterocycles. The second-order valence-electron chi connectivity index (χ2n) is 4.26. The Labute approximate surface area is 111 Å². The van der Waals surface area contributed by atoms with Crippen LogP contribution in [0, 0.1) is 5.92 Å². The van der Waals surface area contributed by atoms with Crippen LogP contribution in [-0.2, 0) is 0 Å². The first-order chi connectivity index (χ1) is 8.11. The number of hydrogen-bond acceptors (Lipinski definition) is 1. The van der Waals surface area contributed by atoms with Crippen molar-refractivity contribution in [1.82, 2.24) is 5.32 Å². The molecule has 1 aliphatic carbocycles. The highest BCUT2D eigenvalue weighted by molar-refractivity contribution is 6.35. The van der Waals surface area contributed by atoms with Gasteiger partial charge in [0.05, 0.1) is 0 Å². The third-order valence-corrected chi connectivity index (χ3v) is 3.63. The van der Waals surface area contributed by atoms with Crippen molar-refractivity contribution >= 4 is 29.2 Å². The van der Waals surface area contributed by atoms with E-state index in [0.717, 1.165) is 18.0 Å². The maximum Gasteiger partial charge on any atom is 0.188 e. The van der Waals surface area contributed by atoms with Crippen LogP contribution in [0.15, 0.2) is 23.2 Å². The van der Waals surface area contributed by atoms with E-state index in [2.05, 4.69) is 10.3 Å². The molecule has 2 rings (SSSR count). The molecule has 1 fully saturated rings. The standard InChI is InChI=1S/C12H15Cl2N3/c1-16-12(15)17-6-7-4-10(7)9-3-2-8(13)5-11(9)14/h2-3,5,7,10H,4,6H2,1H3,(H3,15,16,17). The monoisotopic (exact) mass is 271 g/mol. The van der Waals surface area contributed by atoms with Crippen LogP contribution in [0.4, 0.5) is 0 Å². The van der Waals surface area contributed by atoms with Crippen molar-refractivity contribution in [3.8, 4) is 0 Å². The van der Waals surface area contributed by atoms with Crippen LogP contribution in [-0.4, -0.2) is 19.6 Å². The lowest BCUT2D eigenvalue weighted by molar-refractivity contribution is 0.742. The lowest BCUT2D eigenvalue weighted by Crippen LogP contribution is -2.33. The molecule has 92 valence electrons. The van der Waals surface area contributed by atoms with Gasteiger partial charge in [-0.05, 0) is 36.0 Å². The van der Waals surface area contributed by atoms with Gasteiger partial charge in [0.2, 0.25) is 0 Å². The lowest BCUT2D eigenvalue weighted by Gasteiger charge is -2.06. The first-order valence-corrected chi connectivity index (χ1v) is 6.28. The van der Waals surface area contributed by atoms with Crippen LogP contribution in [0.2, 0.25) is 10.0 Å². The number of nitrogens with one attached hydrogen (secondary N) is 1. The van der Waals surface area contributed by atoms with E-state index in [9.17, 15) is 0 Å². The van der Waals surface area contributed by atoms with E-state index in [0.29, 0.717) is 22.8 Å². The summed E-state index contributed by atoms with van der Waals surface area (Å²) in [6.45, 7) is 0.840. The highest BCUT2D eigenvalue weighted by atomic mass is 35.5. The number of rotatable bonds is 3. The number of nitrogens with zero attached hydrogens (tertiary/aromatic N) is 1. The zero-order valence-electron chi connectivity index (χ0n) is 9.58. The van der Waals surface area contributed by atoms with Gasteiger partial charge < -0.3 is 11.1 Å². The first kappa shape index (κ1) is 12.5. The Balaban J connectivity index is 1.94. The second-order valence-corrected chi connectivity index (χ2v) is 5.10. The summed E-state index contributed by atoms with van der Waals surface area (Å²) in [6, 6.07) is 5.68. The van der Waals surface area contributed by atoms with Crippen LogP contribution < -0.4 is 11.1 Å². The number of hydrogen-bond donors (Lipinski definition) is 2. The second kappa shape index (κ2) is 5.15.